The van der Waals surface area contributed by atoms with Gasteiger partial charge in [-0.2, -0.15) is 0 Å². The smallest absolute Gasteiger partial charge is 0.350 e. The standard InChI is InChI=1S/C13H21N3O4/c1-10-3-5-11(6-4-10)15-9-12(16(18)19)13(14-15)20-8-2-7-17/h9-11,17H,2-8H2,1H3. The lowest BCUT2D eigenvalue weighted by molar-refractivity contribution is -0.386. The van der Waals surface area contributed by atoms with Crippen molar-refractivity contribution >= 4 is 5.69 Å². The fourth-order valence-corrected chi connectivity index (χ4v) is 2.52. The first-order chi connectivity index (χ1) is 9.61. The fraction of sp³-hybridized carbons (Fsp3) is 0.769. The molecule has 1 heterocycles. The summed E-state index contributed by atoms with van der Waals surface area (Å²) in [5.74, 6) is 0.777. The predicted octanol–water partition coefficient (Wildman–Crippen LogP) is 2.30. The van der Waals surface area contributed by atoms with Crippen molar-refractivity contribution < 1.29 is 14.8 Å². The third-order valence-corrected chi connectivity index (χ3v) is 3.78. The molecule has 1 saturated carbocycles. The van der Waals surface area contributed by atoms with Crippen LogP contribution < -0.4 is 4.74 Å². The molecule has 0 radical (unpaired) electrons. The van der Waals surface area contributed by atoms with Crippen molar-refractivity contribution in [3.63, 3.8) is 0 Å². The Morgan fingerprint density at radius 1 is 1.50 bits per heavy atom. The molecule has 1 fully saturated rings. The van der Waals surface area contributed by atoms with Gasteiger partial charge >= 0.3 is 11.6 Å². The molecule has 1 aromatic heterocycles. The van der Waals surface area contributed by atoms with Gasteiger partial charge in [-0.3, -0.25) is 14.8 Å². The molecule has 0 aliphatic heterocycles. The van der Waals surface area contributed by atoms with Crippen LogP contribution in [0.3, 0.4) is 0 Å². The molecule has 1 aromatic rings. The van der Waals surface area contributed by atoms with Crippen molar-refractivity contribution in [2.24, 2.45) is 5.92 Å². The normalized spacial score (nSPS) is 22.7. The molecule has 0 amide bonds. The van der Waals surface area contributed by atoms with Crippen molar-refractivity contribution in [1.29, 1.82) is 0 Å². The van der Waals surface area contributed by atoms with E-state index in [1.807, 2.05) is 0 Å². The summed E-state index contributed by atoms with van der Waals surface area (Å²) in [7, 11) is 0. The van der Waals surface area contributed by atoms with Crippen LogP contribution in [0.1, 0.15) is 45.1 Å². The largest absolute Gasteiger partial charge is 0.472 e. The second kappa shape index (κ2) is 6.69. The highest BCUT2D eigenvalue weighted by atomic mass is 16.6. The third-order valence-electron chi connectivity index (χ3n) is 3.78. The number of hydrogen-bond donors (Lipinski definition) is 1. The van der Waals surface area contributed by atoms with Gasteiger partial charge in [0.1, 0.15) is 6.20 Å². The molecule has 20 heavy (non-hydrogen) atoms. The Kier molecular flexibility index (Phi) is 4.94. The highest BCUT2D eigenvalue weighted by Crippen LogP contribution is 2.34. The lowest BCUT2D eigenvalue weighted by atomic mass is 9.87. The summed E-state index contributed by atoms with van der Waals surface area (Å²) in [4.78, 5) is 10.6. The summed E-state index contributed by atoms with van der Waals surface area (Å²) in [6.45, 7) is 2.45. The highest BCUT2D eigenvalue weighted by molar-refractivity contribution is 5.38. The lowest BCUT2D eigenvalue weighted by Crippen LogP contribution is -2.17. The van der Waals surface area contributed by atoms with Crippen LogP contribution in [0.4, 0.5) is 5.69 Å². The summed E-state index contributed by atoms with van der Waals surface area (Å²) >= 11 is 0. The predicted molar refractivity (Wildman–Crippen MR) is 72.7 cm³/mol. The van der Waals surface area contributed by atoms with Crippen molar-refractivity contribution in [3.05, 3.63) is 16.3 Å². The molecule has 0 atom stereocenters. The summed E-state index contributed by atoms with van der Waals surface area (Å²) in [5, 5.41) is 24.0. The van der Waals surface area contributed by atoms with E-state index in [4.69, 9.17) is 9.84 Å². The number of rotatable bonds is 6. The van der Waals surface area contributed by atoms with Gasteiger partial charge in [0.15, 0.2) is 0 Å². The van der Waals surface area contributed by atoms with Gasteiger partial charge in [0.05, 0.1) is 17.6 Å². The van der Waals surface area contributed by atoms with Gasteiger partial charge < -0.3 is 9.84 Å². The zero-order valence-corrected chi connectivity index (χ0v) is 11.7. The van der Waals surface area contributed by atoms with E-state index >= 15 is 0 Å². The molecule has 7 heteroatoms. The Morgan fingerprint density at radius 3 is 2.80 bits per heavy atom. The SMILES string of the molecule is CC1CCC(n2cc([N+](=O)[O-])c(OCCCO)n2)CC1. The van der Waals surface area contributed by atoms with Crippen LogP contribution >= 0.6 is 0 Å². The number of hydrogen-bond acceptors (Lipinski definition) is 5. The fourth-order valence-electron chi connectivity index (χ4n) is 2.52. The average molecular weight is 283 g/mol. The van der Waals surface area contributed by atoms with Gasteiger partial charge in [-0.15, -0.1) is 5.10 Å². The van der Waals surface area contributed by atoms with Crippen molar-refractivity contribution in [2.45, 2.75) is 45.1 Å². The molecule has 2 rings (SSSR count). The molecule has 0 bridgehead atoms. The Morgan fingerprint density at radius 2 is 2.20 bits per heavy atom. The van der Waals surface area contributed by atoms with Gasteiger partial charge in [0, 0.05) is 13.0 Å². The van der Waals surface area contributed by atoms with Crippen LogP contribution in [-0.4, -0.2) is 33.0 Å². The topological polar surface area (TPSA) is 90.4 Å². The van der Waals surface area contributed by atoms with Gasteiger partial charge in [0.2, 0.25) is 0 Å². The number of aromatic nitrogens is 2. The zero-order valence-electron chi connectivity index (χ0n) is 11.7. The van der Waals surface area contributed by atoms with Crippen LogP contribution in [0.2, 0.25) is 0 Å². The summed E-state index contributed by atoms with van der Waals surface area (Å²) in [5.41, 5.74) is -0.0958. The first-order valence-corrected chi connectivity index (χ1v) is 7.09. The minimum Gasteiger partial charge on any atom is -0.472 e. The van der Waals surface area contributed by atoms with Crippen LogP contribution in [0, 0.1) is 16.0 Å². The van der Waals surface area contributed by atoms with E-state index in [9.17, 15) is 10.1 Å². The number of ether oxygens (including phenoxy) is 1. The zero-order chi connectivity index (χ0) is 14.5. The maximum Gasteiger partial charge on any atom is 0.350 e. The van der Waals surface area contributed by atoms with E-state index in [0.717, 1.165) is 31.6 Å². The number of aliphatic hydroxyl groups excluding tert-OH is 1. The summed E-state index contributed by atoms with van der Waals surface area (Å²) < 4.78 is 6.98. The van der Waals surface area contributed by atoms with Gasteiger partial charge in [-0.1, -0.05) is 6.92 Å². The quantitative estimate of drug-likeness (QED) is 0.491. The molecular formula is C13H21N3O4. The molecule has 1 aliphatic carbocycles. The Hall–Kier alpha value is -1.63. The summed E-state index contributed by atoms with van der Waals surface area (Å²) in [6, 6.07) is 0.222. The highest BCUT2D eigenvalue weighted by Gasteiger charge is 2.26. The average Bonchev–Trinajstić information content (AvgIpc) is 2.84. The minimum absolute atomic E-state index is 0.00494. The number of aliphatic hydroxyl groups is 1. The van der Waals surface area contributed by atoms with Crippen LogP contribution in [0.15, 0.2) is 6.20 Å². The molecule has 0 aromatic carbocycles. The van der Waals surface area contributed by atoms with Crippen molar-refractivity contribution in [2.75, 3.05) is 13.2 Å². The first kappa shape index (κ1) is 14.8. The molecule has 1 aliphatic rings. The number of nitro groups is 1. The van der Waals surface area contributed by atoms with E-state index in [2.05, 4.69) is 12.0 Å². The molecule has 7 nitrogen and oxygen atoms in total. The Balaban J connectivity index is 2.09. The van der Waals surface area contributed by atoms with Crippen LogP contribution in [0.25, 0.3) is 0 Å². The summed E-state index contributed by atoms with van der Waals surface area (Å²) in [6.07, 6.45) is 6.14. The molecular weight excluding hydrogens is 262 g/mol. The van der Waals surface area contributed by atoms with E-state index in [0.29, 0.717) is 6.42 Å². The lowest BCUT2D eigenvalue weighted by Gasteiger charge is -2.25. The molecule has 112 valence electrons. The Labute approximate surface area is 117 Å². The van der Waals surface area contributed by atoms with E-state index in [1.54, 1.807) is 4.68 Å². The molecule has 0 saturated heterocycles. The van der Waals surface area contributed by atoms with Crippen LogP contribution in [-0.2, 0) is 0 Å². The second-order valence-electron chi connectivity index (χ2n) is 5.40. The van der Waals surface area contributed by atoms with E-state index in [-0.39, 0.29) is 30.8 Å². The first-order valence-electron chi connectivity index (χ1n) is 7.09. The minimum atomic E-state index is -0.469. The molecule has 0 spiro atoms. The maximum atomic E-state index is 11.0. The molecule has 1 N–H and O–H groups in total. The van der Waals surface area contributed by atoms with Crippen LogP contribution in [0.5, 0.6) is 5.88 Å². The van der Waals surface area contributed by atoms with Crippen molar-refractivity contribution in [1.82, 2.24) is 9.78 Å². The monoisotopic (exact) mass is 283 g/mol. The maximum absolute atomic E-state index is 11.0. The third kappa shape index (κ3) is 3.47. The second-order valence-corrected chi connectivity index (χ2v) is 5.40. The number of nitrogens with zero attached hydrogens (tertiary/aromatic N) is 3. The van der Waals surface area contributed by atoms with Gasteiger partial charge in [-0.05, 0) is 31.6 Å². The van der Waals surface area contributed by atoms with Gasteiger partial charge in [0.25, 0.3) is 0 Å². The van der Waals surface area contributed by atoms with Crippen molar-refractivity contribution in [3.8, 4) is 5.88 Å². The Bertz CT molecular complexity index is 452. The van der Waals surface area contributed by atoms with E-state index in [1.165, 1.54) is 6.20 Å². The van der Waals surface area contributed by atoms with Gasteiger partial charge in [-0.25, -0.2) is 0 Å². The van der Waals surface area contributed by atoms with E-state index < -0.39 is 4.92 Å². The molecule has 0 unspecified atom stereocenters.